The van der Waals surface area contributed by atoms with Crippen molar-refractivity contribution in [1.29, 1.82) is 0 Å². The fraction of sp³-hybridized carbons (Fsp3) is 0.889. The van der Waals surface area contributed by atoms with Crippen LogP contribution in [0.15, 0.2) is 0 Å². The zero-order chi connectivity index (χ0) is 9.84. The molecule has 0 bridgehead atoms. The molecule has 3 nitrogen and oxygen atoms in total. The van der Waals surface area contributed by atoms with E-state index in [-0.39, 0.29) is 6.04 Å². The summed E-state index contributed by atoms with van der Waals surface area (Å²) in [6.07, 6.45) is 2.12. The monoisotopic (exact) mass is 202 g/mol. The van der Waals surface area contributed by atoms with E-state index in [1.54, 1.807) is 0 Å². The molecule has 13 heavy (non-hydrogen) atoms. The summed E-state index contributed by atoms with van der Waals surface area (Å²) in [7, 11) is 0. The van der Waals surface area contributed by atoms with Crippen molar-refractivity contribution in [2.75, 3.05) is 19.7 Å². The van der Waals surface area contributed by atoms with Crippen molar-refractivity contribution in [2.24, 2.45) is 11.7 Å². The third-order valence-electron chi connectivity index (χ3n) is 2.87. The van der Waals surface area contributed by atoms with Crippen LogP contribution in [0, 0.1) is 5.92 Å². The molecule has 0 amide bonds. The third kappa shape index (κ3) is 2.90. The SMILES string of the molecule is CC(C(N)=S)N1CCC(CO)CC1. The molecule has 0 aromatic heterocycles. The second-order valence-electron chi connectivity index (χ2n) is 3.74. The van der Waals surface area contributed by atoms with Gasteiger partial charge in [0.2, 0.25) is 0 Å². The van der Waals surface area contributed by atoms with Crippen molar-refractivity contribution < 1.29 is 5.11 Å². The number of hydrogen-bond donors (Lipinski definition) is 2. The van der Waals surface area contributed by atoms with Crippen LogP contribution in [0.2, 0.25) is 0 Å². The van der Waals surface area contributed by atoms with E-state index in [1.165, 1.54) is 0 Å². The van der Waals surface area contributed by atoms with Crippen LogP contribution in [0.5, 0.6) is 0 Å². The van der Waals surface area contributed by atoms with Gasteiger partial charge in [-0.25, -0.2) is 0 Å². The predicted octanol–water partition coefficient (Wildman–Crippen LogP) is 0.365. The molecule has 0 radical (unpaired) electrons. The van der Waals surface area contributed by atoms with Gasteiger partial charge in [0.1, 0.15) is 0 Å². The highest BCUT2D eigenvalue weighted by Crippen LogP contribution is 2.18. The van der Waals surface area contributed by atoms with Crippen molar-refractivity contribution in [2.45, 2.75) is 25.8 Å². The normalized spacial score (nSPS) is 22.9. The fourth-order valence-corrected chi connectivity index (χ4v) is 1.85. The Bertz CT molecular complexity index is 178. The van der Waals surface area contributed by atoms with E-state index in [0.717, 1.165) is 25.9 Å². The Balaban J connectivity index is 2.36. The van der Waals surface area contributed by atoms with Gasteiger partial charge in [-0.3, -0.25) is 4.90 Å². The van der Waals surface area contributed by atoms with Crippen LogP contribution in [0.4, 0.5) is 0 Å². The first-order valence-electron chi connectivity index (χ1n) is 4.79. The number of aliphatic hydroxyl groups excluding tert-OH is 1. The summed E-state index contributed by atoms with van der Waals surface area (Å²) in [5.41, 5.74) is 5.57. The van der Waals surface area contributed by atoms with E-state index < -0.39 is 0 Å². The summed E-state index contributed by atoms with van der Waals surface area (Å²) >= 11 is 4.94. The van der Waals surface area contributed by atoms with Gasteiger partial charge >= 0.3 is 0 Å². The maximum Gasteiger partial charge on any atom is 0.0899 e. The molecule has 1 atom stereocenters. The Morgan fingerprint density at radius 3 is 2.54 bits per heavy atom. The minimum atomic E-state index is 0.203. The minimum absolute atomic E-state index is 0.203. The Labute approximate surface area is 84.9 Å². The standard InChI is InChI=1S/C9H18N2OS/c1-7(9(10)13)11-4-2-8(6-12)3-5-11/h7-8,12H,2-6H2,1H3,(H2,10,13). The quantitative estimate of drug-likeness (QED) is 0.649. The molecular weight excluding hydrogens is 184 g/mol. The Hall–Kier alpha value is -0.190. The lowest BCUT2D eigenvalue weighted by Gasteiger charge is -2.34. The molecular formula is C9H18N2OS. The van der Waals surface area contributed by atoms with E-state index in [2.05, 4.69) is 4.90 Å². The van der Waals surface area contributed by atoms with E-state index in [4.69, 9.17) is 23.1 Å². The lowest BCUT2D eigenvalue weighted by Crippen LogP contribution is -2.46. The highest BCUT2D eigenvalue weighted by atomic mass is 32.1. The van der Waals surface area contributed by atoms with Gasteiger partial charge in [0.05, 0.1) is 11.0 Å². The number of aliphatic hydroxyl groups is 1. The number of likely N-dealkylation sites (tertiary alicyclic amines) is 1. The second-order valence-corrected chi connectivity index (χ2v) is 4.21. The van der Waals surface area contributed by atoms with Gasteiger partial charge in [0.25, 0.3) is 0 Å². The van der Waals surface area contributed by atoms with Crippen LogP contribution in [0.1, 0.15) is 19.8 Å². The molecule has 1 saturated heterocycles. The number of piperidine rings is 1. The molecule has 3 N–H and O–H groups in total. The zero-order valence-electron chi connectivity index (χ0n) is 8.07. The van der Waals surface area contributed by atoms with E-state index in [0.29, 0.717) is 17.5 Å². The predicted molar refractivity (Wildman–Crippen MR) is 57.6 cm³/mol. The van der Waals surface area contributed by atoms with Crippen molar-refractivity contribution in [3.63, 3.8) is 0 Å². The summed E-state index contributed by atoms with van der Waals surface area (Å²) in [5, 5.41) is 8.96. The smallest absolute Gasteiger partial charge is 0.0899 e. The van der Waals surface area contributed by atoms with Gasteiger partial charge < -0.3 is 10.8 Å². The van der Waals surface area contributed by atoms with Crippen LogP contribution in [-0.2, 0) is 0 Å². The van der Waals surface area contributed by atoms with Gasteiger partial charge in [-0.1, -0.05) is 12.2 Å². The lowest BCUT2D eigenvalue weighted by atomic mass is 9.97. The zero-order valence-corrected chi connectivity index (χ0v) is 8.89. The van der Waals surface area contributed by atoms with Crippen LogP contribution in [0.25, 0.3) is 0 Å². The molecule has 76 valence electrons. The summed E-state index contributed by atoms with van der Waals surface area (Å²) in [6, 6.07) is 0.203. The van der Waals surface area contributed by atoms with Crippen molar-refractivity contribution >= 4 is 17.2 Å². The summed E-state index contributed by atoms with van der Waals surface area (Å²) < 4.78 is 0. The molecule has 1 heterocycles. The molecule has 0 aromatic carbocycles. The lowest BCUT2D eigenvalue weighted by molar-refractivity contribution is 0.124. The van der Waals surface area contributed by atoms with Gasteiger partial charge in [-0.05, 0) is 38.8 Å². The van der Waals surface area contributed by atoms with Crippen LogP contribution >= 0.6 is 12.2 Å². The first-order valence-corrected chi connectivity index (χ1v) is 5.20. The first kappa shape index (κ1) is 10.9. The molecule has 1 aliphatic heterocycles. The van der Waals surface area contributed by atoms with Crippen molar-refractivity contribution in [3.8, 4) is 0 Å². The summed E-state index contributed by atoms with van der Waals surface area (Å²) in [5.74, 6) is 0.481. The molecule has 1 unspecified atom stereocenters. The van der Waals surface area contributed by atoms with Gasteiger partial charge in [0.15, 0.2) is 0 Å². The molecule has 0 spiro atoms. The number of hydrogen-bond acceptors (Lipinski definition) is 3. The second kappa shape index (κ2) is 4.88. The van der Waals surface area contributed by atoms with Gasteiger partial charge in [0, 0.05) is 6.61 Å². The summed E-state index contributed by atoms with van der Waals surface area (Å²) in [6.45, 7) is 4.37. The Morgan fingerprint density at radius 1 is 1.62 bits per heavy atom. The first-order chi connectivity index (χ1) is 6.15. The minimum Gasteiger partial charge on any atom is -0.396 e. The number of rotatable bonds is 3. The van der Waals surface area contributed by atoms with Gasteiger partial charge in [-0.15, -0.1) is 0 Å². The van der Waals surface area contributed by atoms with Crippen molar-refractivity contribution in [1.82, 2.24) is 4.90 Å². The van der Waals surface area contributed by atoms with E-state index >= 15 is 0 Å². The molecule has 0 aromatic rings. The summed E-state index contributed by atoms with van der Waals surface area (Å²) in [4.78, 5) is 2.86. The van der Waals surface area contributed by atoms with E-state index in [1.807, 2.05) is 6.92 Å². The maximum absolute atomic E-state index is 8.96. The molecule has 1 rings (SSSR count). The highest BCUT2D eigenvalue weighted by molar-refractivity contribution is 7.80. The number of nitrogens with two attached hydrogens (primary N) is 1. The highest BCUT2D eigenvalue weighted by Gasteiger charge is 2.23. The molecule has 0 aliphatic carbocycles. The van der Waals surface area contributed by atoms with E-state index in [9.17, 15) is 0 Å². The number of thiocarbonyl (C=S) groups is 1. The third-order valence-corrected chi connectivity index (χ3v) is 3.21. The van der Waals surface area contributed by atoms with Crippen LogP contribution in [0.3, 0.4) is 0 Å². The molecule has 0 saturated carbocycles. The fourth-order valence-electron chi connectivity index (χ4n) is 1.70. The topological polar surface area (TPSA) is 49.5 Å². The largest absolute Gasteiger partial charge is 0.396 e. The Morgan fingerprint density at radius 2 is 2.15 bits per heavy atom. The molecule has 1 fully saturated rings. The molecule has 1 aliphatic rings. The van der Waals surface area contributed by atoms with Crippen LogP contribution < -0.4 is 5.73 Å². The Kier molecular flexibility index (Phi) is 4.09. The van der Waals surface area contributed by atoms with Gasteiger partial charge in [-0.2, -0.15) is 0 Å². The molecule has 4 heteroatoms. The maximum atomic E-state index is 8.96. The number of nitrogens with zero attached hydrogens (tertiary/aromatic N) is 1. The van der Waals surface area contributed by atoms with Crippen molar-refractivity contribution in [3.05, 3.63) is 0 Å². The van der Waals surface area contributed by atoms with Crippen LogP contribution in [-0.4, -0.2) is 40.7 Å². The average Bonchev–Trinajstić information content (AvgIpc) is 2.17. The average molecular weight is 202 g/mol.